The highest BCUT2D eigenvalue weighted by Gasteiger charge is 2.09. The van der Waals surface area contributed by atoms with Gasteiger partial charge in [-0.15, -0.1) is 0 Å². The summed E-state index contributed by atoms with van der Waals surface area (Å²) in [5.74, 6) is 0.103. The number of H-pyrrole nitrogens is 1. The number of ether oxygens (including phenoxy) is 2. The molecule has 0 fully saturated rings. The second kappa shape index (κ2) is 7.57. The molecule has 0 aliphatic carbocycles. The molecule has 1 N–H and O–H groups in total. The van der Waals surface area contributed by atoms with E-state index in [9.17, 15) is 9.59 Å². The zero-order valence-electron chi connectivity index (χ0n) is 12.5. The van der Waals surface area contributed by atoms with Crippen molar-refractivity contribution in [1.82, 2.24) is 9.78 Å². The van der Waals surface area contributed by atoms with Crippen LogP contribution in [-0.4, -0.2) is 29.5 Å². The minimum atomic E-state index is -0.514. The predicted molar refractivity (Wildman–Crippen MR) is 76.3 cm³/mol. The molecule has 0 unspecified atom stereocenters. The molecule has 0 radical (unpaired) electrons. The number of nitrogens with one attached hydrogen (secondary N) is 1. The number of rotatable bonds is 6. The number of aryl methyl sites for hydroxylation is 1. The van der Waals surface area contributed by atoms with Gasteiger partial charge in [0.2, 0.25) is 0 Å². The number of esters is 1. The fraction of sp³-hybridized carbons (Fsp3) is 0.571. The third-order valence-electron chi connectivity index (χ3n) is 2.89. The maximum atomic E-state index is 12.2. The van der Waals surface area contributed by atoms with Crippen molar-refractivity contribution in [3.8, 4) is 0 Å². The van der Waals surface area contributed by atoms with Gasteiger partial charge in [0.1, 0.15) is 11.0 Å². The number of unbranched alkanes of at least 4 members (excludes halogenated alkanes) is 1. The van der Waals surface area contributed by atoms with Crippen LogP contribution in [0.5, 0.6) is 0 Å². The van der Waals surface area contributed by atoms with Crippen LogP contribution in [0.25, 0.3) is 11.8 Å². The summed E-state index contributed by atoms with van der Waals surface area (Å²) in [5, 5.41) is 3.67. The maximum Gasteiger partial charge on any atom is 0.332 e. The Morgan fingerprint density at radius 3 is 2.65 bits per heavy atom. The van der Waals surface area contributed by atoms with E-state index in [1.807, 2.05) is 6.92 Å². The molecule has 0 aliphatic heterocycles. The van der Waals surface area contributed by atoms with Crippen molar-refractivity contribution in [2.75, 3.05) is 13.7 Å². The minimum absolute atomic E-state index is 0.209. The topological polar surface area (TPSA) is 73.3 Å². The fourth-order valence-electron chi connectivity index (χ4n) is 1.90. The van der Waals surface area contributed by atoms with E-state index >= 15 is 0 Å². The second-order valence-corrected chi connectivity index (χ2v) is 4.39. The summed E-state index contributed by atoms with van der Waals surface area (Å²) in [6, 6.07) is 0. The third-order valence-corrected chi connectivity index (χ3v) is 2.89. The lowest BCUT2D eigenvalue weighted by atomic mass is 10.2. The molecule has 6 nitrogen and oxygen atoms in total. The summed E-state index contributed by atoms with van der Waals surface area (Å²) in [6.45, 7) is 4.41. The number of hydrogen-bond acceptors (Lipinski definition) is 4. The number of methoxy groups -OCH3 is 1. The lowest BCUT2D eigenvalue weighted by Crippen LogP contribution is -2.38. The lowest BCUT2D eigenvalue weighted by molar-refractivity contribution is -0.133. The van der Waals surface area contributed by atoms with Gasteiger partial charge in [0, 0.05) is 19.5 Å². The third kappa shape index (κ3) is 3.76. The number of hydrogen-bond donors (Lipinski definition) is 1. The Morgan fingerprint density at radius 2 is 2.10 bits per heavy atom. The molecule has 1 aromatic rings. The van der Waals surface area contributed by atoms with E-state index in [4.69, 9.17) is 4.74 Å². The van der Waals surface area contributed by atoms with Crippen LogP contribution < -0.4 is 16.1 Å². The first-order valence-corrected chi connectivity index (χ1v) is 6.75. The van der Waals surface area contributed by atoms with E-state index in [2.05, 4.69) is 16.8 Å². The van der Waals surface area contributed by atoms with Crippen molar-refractivity contribution >= 4 is 17.8 Å². The summed E-state index contributed by atoms with van der Waals surface area (Å²) < 4.78 is 11.5. The highest BCUT2D eigenvalue weighted by molar-refractivity contribution is 5.99. The van der Waals surface area contributed by atoms with Crippen LogP contribution >= 0.6 is 0 Å². The molecule has 1 rings (SSSR count). The molecule has 0 spiro atoms. The Labute approximate surface area is 117 Å². The largest absolute Gasteiger partial charge is 0.497 e. The van der Waals surface area contributed by atoms with E-state index in [1.165, 1.54) is 17.9 Å². The van der Waals surface area contributed by atoms with Crippen LogP contribution in [0, 0.1) is 0 Å². The first kappa shape index (κ1) is 16.1. The molecular weight excluding hydrogens is 260 g/mol. The van der Waals surface area contributed by atoms with Crippen LogP contribution in [0.2, 0.25) is 0 Å². The Kier molecular flexibility index (Phi) is 6.09. The Morgan fingerprint density at radius 1 is 1.40 bits per heavy atom. The van der Waals surface area contributed by atoms with Crippen molar-refractivity contribution < 1.29 is 14.3 Å². The number of nitrogens with zero attached hydrogens (tertiary/aromatic N) is 1. The molecule has 20 heavy (non-hydrogen) atoms. The number of carbonyl (C=O) groups excluding carboxylic acids is 1. The molecule has 0 saturated carbocycles. The van der Waals surface area contributed by atoms with Crippen LogP contribution in [0.4, 0.5) is 0 Å². The van der Waals surface area contributed by atoms with E-state index < -0.39 is 5.97 Å². The molecule has 0 aromatic carbocycles. The zero-order valence-corrected chi connectivity index (χ0v) is 12.5. The van der Waals surface area contributed by atoms with E-state index in [0.717, 1.165) is 12.8 Å². The number of aromatic nitrogens is 2. The van der Waals surface area contributed by atoms with Gasteiger partial charge in [-0.25, -0.2) is 4.79 Å². The molecule has 6 heteroatoms. The standard InChI is InChI=1S/C14H22N2O4/c1-5-7-8-11(20-6-2)13-10(9-12(17)19-4)15-16(3)14(13)18/h9,15H,5-8H2,1-4H3. The van der Waals surface area contributed by atoms with E-state index in [-0.39, 0.29) is 5.56 Å². The van der Waals surface area contributed by atoms with Gasteiger partial charge in [-0.3, -0.25) is 14.6 Å². The van der Waals surface area contributed by atoms with Gasteiger partial charge in [0.15, 0.2) is 0 Å². The van der Waals surface area contributed by atoms with Crippen molar-refractivity contribution in [3.05, 3.63) is 20.9 Å². The zero-order chi connectivity index (χ0) is 15.1. The molecule has 112 valence electrons. The minimum Gasteiger partial charge on any atom is -0.497 e. The summed E-state index contributed by atoms with van der Waals surface area (Å²) in [7, 11) is 2.90. The van der Waals surface area contributed by atoms with Gasteiger partial charge in [0.05, 0.1) is 19.1 Å². The Balaban J connectivity index is 3.56. The van der Waals surface area contributed by atoms with E-state index in [0.29, 0.717) is 29.4 Å². The SMILES string of the molecule is CCCCC(OCC)=c1c(=CC(=O)OC)[nH]n(C)c1=O. The Bertz CT molecular complexity index is 625. The molecule has 0 saturated heterocycles. The first-order chi connectivity index (χ1) is 9.54. The van der Waals surface area contributed by atoms with Gasteiger partial charge >= 0.3 is 5.97 Å². The van der Waals surface area contributed by atoms with Crippen LogP contribution in [0.3, 0.4) is 0 Å². The van der Waals surface area contributed by atoms with Crippen molar-refractivity contribution in [3.63, 3.8) is 0 Å². The highest BCUT2D eigenvalue weighted by Crippen LogP contribution is 2.07. The summed E-state index contributed by atoms with van der Waals surface area (Å²) >= 11 is 0. The molecule has 0 amide bonds. The second-order valence-electron chi connectivity index (χ2n) is 4.39. The molecule has 0 bridgehead atoms. The number of carbonyl (C=O) groups is 1. The smallest absolute Gasteiger partial charge is 0.332 e. The molecule has 0 atom stereocenters. The van der Waals surface area contributed by atoms with Crippen LogP contribution in [0.15, 0.2) is 4.79 Å². The lowest BCUT2D eigenvalue weighted by Gasteiger charge is -2.06. The van der Waals surface area contributed by atoms with Crippen molar-refractivity contribution in [2.24, 2.45) is 7.05 Å². The van der Waals surface area contributed by atoms with Crippen molar-refractivity contribution in [1.29, 1.82) is 0 Å². The predicted octanol–water partition coefficient (Wildman–Crippen LogP) is 0.00180. The molecule has 1 heterocycles. The first-order valence-electron chi connectivity index (χ1n) is 6.75. The summed E-state index contributed by atoms with van der Waals surface area (Å²) in [5.41, 5.74) is -0.209. The fourth-order valence-corrected chi connectivity index (χ4v) is 1.90. The maximum absolute atomic E-state index is 12.2. The summed E-state index contributed by atoms with van der Waals surface area (Å²) in [4.78, 5) is 23.6. The van der Waals surface area contributed by atoms with Crippen LogP contribution in [0.1, 0.15) is 33.1 Å². The van der Waals surface area contributed by atoms with E-state index in [1.54, 1.807) is 7.05 Å². The van der Waals surface area contributed by atoms with Gasteiger partial charge in [-0.05, 0) is 13.3 Å². The normalized spacial score (nSPS) is 13.3. The van der Waals surface area contributed by atoms with Gasteiger partial charge in [-0.2, -0.15) is 0 Å². The average molecular weight is 282 g/mol. The van der Waals surface area contributed by atoms with Crippen molar-refractivity contribution in [2.45, 2.75) is 33.1 Å². The Hall–Kier alpha value is -1.98. The summed E-state index contributed by atoms with van der Waals surface area (Å²) in [6.07, 6.45) is 3.85. The van der Waals surface area contributed by atoms with Gasteiger partial charge in [-0.1, -0.05) is 13.3 Å². The monoisotopic (exact) mass is 282 g/mol. The molecule has 1 aromatic heterocycles. The quantitative estimate of drug-likeness (QED) is 0.746. The molecule has 0 aliphatic rings. The van der Waals surface area contributed by atoms with Gasteiger partial charge in [0.25, 0.3) is 5.56 Å². The average Bonchev–Trinajstić information content (AvgIpc) is 2.70. The van der Waals surface area contributed by atoms with Gasteiger partial charge < -0.3 is 9.47 Å². The molecular formula is C14H22N2O4. The highest BCUT2D eigenvalue weighted by atomic mass is 16.5. The number of aromatic amines is 1. The van der Waals surface area contributed by atoms with Crippen LogP contribution in [-0.2, 0) is 21.3 Å².